The fourth-order valence-corrected chi connectivity index (χ4v) is 1.11. The maximum Gasteiger partial charge on any atom is 0.326 e. The highest BCUT2D eigenvalue weighted by Crippen LogP contribution is 1.99. The summed E-state index contributed by atoms with van der Waals surface area (Å²) in [6, 6.07) is -1.43. The molecule has 0 rings (SSSR count). The number of ketones is 2. The molecule has 2 atom stereocenters. The largest absolute Gasteiger partial charge is 0.480 e. The molecule has 0 aliphatic heterocycles. The van der Waals surface area contributed by atoms with E-state index >= 15 is 0 Å². The Hall–Kier alpha value is -2.38. The number of amides is 1. The van der Waals surface area contributed by atoms with Gasteiger partial charge in [0.2, 0.25) is 5.78 Å². The van der Waals surface area contributed by atoms with Gasteiger partial charge in [0, 0.05) is 6.42 Å². The number of nitrogens with one attached hydrogen (secondary N) is 1. The van der Waals surface area contributed by atoms with Gasteiger partial charge < -0.3 is 21.1 Å². The molecule has 1 amide bonds. The number of carboxylic acids is 1. The molecular formula is C10H13N3O6. The Labute approximate surface area is 107 Å². The van der Waals surface area contributed by atoms with Crippen LogP contribution in [0.1, 0.15) is 19.8 Å². The summed E-state index contributed by atoms with van der Waals surface area (Å²) >= 11 is 0. The first kappa shape index (κ1) is 16.6. The Balaban J connectivity index is 4.55. The van der Waals surface area contributed by atoms with Crippen molar-refractivity contribution in [2.45, 2.75) is 31.9 Å². The lowest BCUT2D eigenvalue weighted by molar-refractivity contribution is -0.146. The molecule has 9 nitrogen and oxygen atoms in total. The number of aliphatic carboxylic acids is 1. The van der Waals surface area contributed by atoms with Crippen molar-refractivity contribution in [3.05, 3.63) is 5.53 Å². The molecule has 0 unspecified atom stereocenters. The molecule has 0 fully saturated rings. The molecular weight excluding hydrogens is 258 g/mol. The van der Waals surface area contributed by atoms with Gasteiger partial charge >= 0.3 is 12.2 Å². The van der Waals surface area contributed by atoms with Crippen molar-refractivity contribution in [3.63, 3.8) is 0 Å². The van der Waals surface area contributed by atoms with Crippen LogP contribution in [0.5, 0.6) is 0 Å². The van der Waals surface area contributed by atoms with E-state index in [0.717, 1.165) is 6.92 Å². The lowest BCUT2D eigenvalue weighted by Gasteiger charge is -2.15. The van der Waals surface area contributed by atoms with Gasteiger partial charge in [-0.1, -0.05) is 0 Å². The van der Waals surface area contributed by atoms with E-state index in [1.165, 1.54) is 0 Å². The molecule has 0 aliphatic rings. The zero-order valence-corrected chi connectivity index (χ0v) is 10.1. The molecule has 3 N–H and O–H groups in total. The first-order chi connectivity index (χ1) is 8.79. The van der Waals surface area contributed by atoms with E-state index in [0.29, 0.717) is 6.21 Å². The van der Waals surface area contributed by atoms with Crippen molar-refractivity contribution in [1.82, 2.24) is 5.32 Å². The van der Waals surface area contributed by atoms with Crippen LogP contribution >= 0.6 is 0 Å². The topological polar surface area (TPSA) is 157 Å². The summed E-state index contributed by atoms with van der Waals surface area (Å²) in [7, 11) is 0. The minimum absolute atomic E-state index is 0.267. The number of carbonyl (C=O) groups is 4. The van der Waals surface area contributed by atoms with Gasteiger partial charge in [0.05, 0.1) is 0 Å². The number of carboxylic acid groups (broad SMARTS) is 1. The van der Waals surface area contributed by atoms with Crippen LogP contribution in [0.4, 0.5) is 0 Å². The Morgan fingerprint density at radius 3 is 2.37 bits per heavy atom. The monoisotopic (exact) mass is 271 g/mol. The number of hydrogen-bond donors (Lipinski definition) is 3. The zero-order chi connectivity index (χ0) is 15.0. The van der Waals surface area contributed by atoms with E-state index in [-0.39, 0.29) is 12.8 Å². The van der Waals surface area contributed by atoms with Gasteiger partial charge in [0.1, 0.15) is 6.04 Å². The van der Waals surface area contributed by atoms with Gasteiger partial charge in [-0.2, -0.15) is 4.79 Å². The maximum absolute atomic E-state index is 11.3. The van der Waals surface area contributed by atoms with Crippen molar-refractivity contribution < 1.29 is 34.2 Å². The number of nitrogens with zero attached hydrogens (tertiary/aromatic N) is 2. The van der Waals surface area contributed by atoms with Gasteiger partial charge in [-0.15, -0.1) is 0 Å². The highest BCUT2D eigenvalue weighted by atomic mass is 16.4. The van der Waals surface area contributed by atoms with Crippen molar-refractivity contribution in [2.24, 2.45) is 0 Å². The van der Waals surface area contributed by atoms with Crippen LogP contribution in [0.25, 0.3) is 5.53 Å². The average molecular weight is 271 g/mol. The van der Waals surface area contributed by atoms with E-state index in [4.69, 9.17) is 15.7 Å². The molecule has 0 saturated carbocycles. The standard InChI is InChI=1S/C10H13N3O6/c1-5(14)8(16)9(17)13-7(10(18)19)3-2-6(15)4-12-11/h4,7-8,16H,2-3H2,1H3,(H,13,17)(H,18,19)/t7-,8-/m0/s1. The minimum Gasteiger partial charge on any atom is -0.480 e. The molecule has 0 aliphatic carbocycles. The second-order valence-corrected chi connectivity index (χ2v) is 3.66. The summed E-state index contributed by atoms with van der Waals surface area (Å²) in [5, 5.41) is 19.8. The summed E-state index contributed by atoms with van der Waals surface area (Å²) < 4.78 is 0. The predicted molar refractivity (Wildman–Crippen MR) is 60.2 cm³/mol. The van der Waals surface area contributed by atoms with Gasteiger partial charge in [-0.25, -0.2) is 4.79 Å². The van der Waals surface area contributed by atoms with Crippen molar-refractivity contribution in [3.8, 4) is 0 Å². The SMILES string of the molecule is CC(=O)[C@H](O)C(=O)N[C@@H](CCC(=O)C=[N+]=[N-])C(=O)O. The highest BCUT2D eigenvalue weighted by Gasteiger charge is 2.26. The van der Waals surface area contributed by atoms with Crippen LogP contribution < -0.4 is 5.32 Å². The molecule has 0 heterocycles. The number of carbonyl (C=O) groups excluding carboxylic acids is 3. The van der Waals surface area contributed by atoms with E-state index in [2.05, 4.69) is 4.79 Å². The fourth-order valence-electron chi connectivity index (χ4n) is 1.11. The first-order valence-electron chi connectivity index (χ1n) is 5.21. The van der Waals surface area contributed by atoms with Gasteiger partial charge in [0.25, 0.3) is 5.91 Å². The normalized spacial score (nSPS) is 12.7. The molecule has 0 saturated heterocycles. The number of aliphatic hydroxyl groups excluding tert-OH is 1. The third-order valence-corrected chi connectivity index (χ3v) is 2.13. The summed E-state index contributed by atoms with van der Waals surface area (Å²) in [6.07, 6.45) is -1.89. The second-order valence-electron chi connectivity index (χ2n) is 3.66. The number of Topliss-reactive ketones (excluding diaryl/α,β-unsaturated/α-hetero) is 2. The average Bonchev–Trinajstić information content (AvgIpc) is 2.32. The second kappa shape index (κ2) is 7.85. The predicted octanol–water partition coefficient (Wildman–Crippen LogP) is -1.84. The third-order valence-electron chi connectivity index (χ3n) is 2.13. The quantitative estimate of drug-likeness (QED) is 0.203. The van der Waals surface area contributed by atoms with Crippen LogP contribution in [0.15, 0.2) is 0 Å². The molecule has 0 spiro atoms. The van der Waals surface area contributed by atoms with E-state index in [9.17, 15) is 19.2 Å². The lowest BCUT2D eigenvalue weighted by atomic mass is 10.1. The zero-order valence-electron chi connectivity index (χ0n) is 10.1. The van der Waals surface area contributed by atoms with Crippen LogP contribution in [0.3, 0.4) is 0 Å². The number of aliphatic hydroxyl groups is 1. The number of hydrogen-bond acceptors (Lipinski definition) is 5. The molecule has 0 bridgehead atoms. The van der Waals surface area contributed by atoms with Gasteiger partial charge in [0.15, 0.2) is 11.9 Å². The molecule has 9 heteroatoms. The smallest absolute Gasteiger partial charge is 0.326 e. The molecule has 104 valence electrons. The van der Waals surface area contributed by atoms with Crippen LogP contribution in [0, 0.1) is 0 Å². The minimum atomic E-state index is -1.95. The van der Waals surface area contributed by atoms with Crippen LogP contribution in [0.2, 0.25) is 0 Å². The molecule has 0 aromatic carbocycles. The van der Waals surface area contributed by atoms with E-state index in [1.54, 1.807) is 0 Å². The number of rotatable bonds is 8. The Morgan fingerprint density at radius 1 is 1.37 bits per heavy atom. The highest BCUT2D eigenvalue weighted by molar-refractivity contribution is 6.25. The Bertz CT molecular complexity index is 441. The summed E-state index contributed by atoms with van der Waals surface area (Å²) in [5.74, 6) is -4.03. The fraction of sp³-hybridized carbons (Fsp3) is 0.500. The Kier molecular flexibility index (Phi) is 6.87. The van der Waals surface area contributed by atoms with E-state index < -0.39 is 35.6 Å². The summed E-state index contributed by atoms with van der Waals surface area (Å²) in [6.45, 7) is 0.973. The molecule has 19 heavy (non-hydrogen) atoms. The van der Waals surface area contributed by atoms with Crippen molar-refractivity contribution >= 4 is 29.7 Å². The van der Waals surface area contributed by atoms with E-state index in [1.807, 2.05) is 5.32 Å². The van der Waals surface area contributed by atoms with Crippen molar-refractivity contribution in [2.75, 3.05) is 0 Å². The van der Waals surface area contributed by atoms with Gasteiger partial charge in [-0.05, 0) is 13.3 Å². The molecule has 0 aromatic heterocycles. The van der Waals surface area contributed by atoms with Crippen molar-refractivity contribution in [1.29, 1.82) is 0 Å². The third kappa shape index (κ3) is 6.20. The van der Waals surface area contributed by atoms with Crippen LogP contribution in [-0.4, -0.2) is 56.8 Å². The summed E-state index contributed by atoms with van der Waals surface area (Å²) in [4.78, 5) is 46.3. The summed E-state index contributed by atoms with van der Waals surface area (Å²) in [5.41, 5.74) is 8.08. The Morgan fingerprint density at radius 2 is 1.95 bits per heavy atom. The maximum atomic E-state index is 11.3. The van der Waals surface area contributed by atoms with Gasteiger partial charge in [-0.3, -0.25) is 14.4 Å². The first-order valence-corrected chi connectivity index (χ1v) is 5.21. The van der Waals surface area contributed by atoms with Crippen LogP contribution in [-0.2, 0) is 19.2 Å². The molecule has 0 aromatic rings. The lowest BCUT2D eigenvalue weighted by Crippen LogP contribution is -2.47. The molecule has 0 radical (unpaired) electrons.